The first-order valence-corrected chi connectivity index (χ1v) is 5.70. The molecule has 0 aliphatic rings. The number of hydrogen-bond acceptors (Lipinski definition) is 1. The van der Waals surface area contributed by atoms with Gasteiger partial charge in [0, 0.05) is 6.42 Å². The van der Waals surface area contributed by atoms with Gasteiger partial charge in [0.05, 0.1) is 0 Å². The van der Waals surface area contributed by atoms with Crippen LogP contribution in [0, 0.1) is 17.3 Å². The molecule has 0 rings (SSSR count). The first-order valence-electron chi connectivity index (χ1n) is 5.70. The van der Waals surface area contributed by atoms with Gasteiger partial charge in [-0.1, -0.05) is 47.5 Å². The molecule has 0 amide bonds. The lowest BCUT2D eigenvalue weighted by atomic mass is 9.82. The van der Waals surface area contributed by atoms with Crippen LogP contribution in [0.4, 0.5) is 0 Å². The lowest BCUT2D eigenvalue weighted by Gasteiger charge is -2.23. The van der Waals surface area contributed by atoms with Crippen molar-refractivity contribution in [3.63, 3.8) is 0 Å². The summed E-state index contributed by atoms with van der Waals surface area (Å²) in [4.78, 5) is 10.2. The van der Waals surface area contributed by atoms with E-state index in [1.54, 1.807) is 0 Å². The van der Waals surface area contributed by atoms with E-state index in [0.717, 1.165) is 12.3 Å². The van der Waals surface area contributed by atoms with Crippen molar-refractivity contribution in [3.8, 4) is 0 Å². The van der Waals surface area contributed by atoms with Crippen LogP contribution >= 0.6 is 0 Å². The van der Waals surface area contributed by atoms with E-state index in [1.807, 2.05) is 6.29 Å². The summed E-state index contributed by atoms with van der Waals surface area (Å²) in [6, 6.07) is 0. The maximum absolute atomic E-state index is 10.2. The fraction of sp³-hybridized carbons (Fsp3) is 0.923. The molecule has 0 aromatic carbocycles. The van der Waals surface area contributed by atoms with E-state index < -0.39 is 0 Å². The van der Waals surface area contributed by atoms with E-state index in [9.17, 15) is 4.79 Å². The molecular weight excluding hydrogens is 172 g/mol. The van der Waals surface area contributed by atoms with Gasteiger partial charge in [-0.15, -0.1) is 0 Å². The largest absolute Gasteiger partial charge is 0.291 e. The highest BCUT2D eigenvalue weighted by atomic mass is 16.1. The maximum atomic E-state index is 10.2. The summed E-state index contributed by atoms with van der Waals surface area (Å²) < 4.78 is 0. The summed E-state index contributed by atoms with van der Waals surface area (Å²) >= 11 is 0. The second-order valence-corrected chi connectivity index (χ2v) is 5.90. The monoisotopic (exact) mass is 197 g/mol. The fourth-order valence-electron chi connectivity index (χ4n) is 1.96. The number of carbonyl (C=O) groups excluding carboxylic acids is 1. The topological polar surface area (TPSA) is 17.1 Å². The van der Waals surface area contributed by atoms with Crippen molar-refractivity contribution in [2.45, 2.75) is 60.3 Å². The van der Waals surface area contributed by atoms with Gasteiger partial charge in [0.2, 0.25) is 0 Å². The molecule has 0 heterocycles. The van der Waals surface area contributed by atoms with E-state index in [-0.39, 0.29) is 0 Å². The maximum Gasteiger partial charge on any atom is 0.198 e. The second-order valence-electron chi connectivity index (χ2n) is 5.90. The summed E-state index contributed by atoms with van der Waals surface area (Å²) in [7, 11) is 0. The molecule has 83 valence electrons. The Morgan fingerprint density at radius 2 is 1.57 bits per heavy atom. The molecule has 0 saturated carbocycles. The third kappa shape index (κ3) is 8.28. The first-order chi connectivity index (χ1) is 6.35. The minimum atomic E-state index is 0.430. The molecule has 0 spiro atoms. The Hall–Kier alpha value is -0.330. The van der Waals surface area contributed by atoms with Crippen LogP contribution in [0.15, 0.2) is 0 Å². The van der Waals surface area contributed by atoms with E-state index in [4.69, 9.17) is 0 Å². The Bertz CT molecular complexity index is 155. The van der Waals surface area contributed by atoms with Crippen LogP contribution in [0.5, 0.6) is 0 Å². The summed E-state index contributed by atoms with van der Waals surface area (Å²) in [5.41, 5.74) is 0.430. The summed E-state index contributed by atoms with van der Waals surface area (Å²) in [6.07, 6.45) is 6.25. The van der Waals surface area contributed by atoms with Gasteiger partial charge in [-0.2, -0.15) is 0 Å². The van der Waals surface area contributed by atoms with Crippen LogP contribution < -0.4 is 0 Å². The lowest BCUT2D eigenvalue weighted by molar-refractivity contribution is 0.284. The molecule has 14 heavy (non-hydrogen) atoms. The molecule has 0 aliphatic carbocycles. The number of rotatable bonds is 6. The second kappa shape index (κ2) is 6.21. The molecule has 0 aromatic heterocycles. The Labute approximate surface area is 89.3 Å². The first kappa shape index (κ1) is 13.7. The van der Waals surface area contributed by atoms with Gasteiger partial charge in [-0.25, -0.2) is 0 Å². The highest BCUT2D eigenvalue weighted by molar-refractivity contribution is 5.50. The van der Waals surface area contributed by atoms with Gasteiger partial charge < -0.3 is 0 Å². The summed E-state index contributed by atoms with van der Waals surface area (Å²) in [5.74, 6) is 1.28. The molecule has 0 aliphatic heterocycles. The molecule has 0 aromatic rings. The molecule has 0 N–H and O–H groups in total. The highest BCUT2D eigenvalue weighted by Gasteiger charge is 2.15. The number of hydrogen-bond donors (Lipinski definition) is 0. The fourth-order valence-corrected chi connectivity index (χ4v) is 1.96. The Morgan fingerprint density at radius 1 is 1.07 bits per heavy atom. The predicted molar refractivity (Wildman–Crippen MR) is 61.9 cm³/mol. The average Bonchev–Trinajstić information content (AvgIpc) is 1.98. The smallest absolute Gasteiger partial charge is 0.198 e. The van der Waals surface area contributed by atoms with Crippen molar-refractivity contribution in [2.75, 3.05) is 0 Å². The Kier molecular flexibility index (Phi) is 6.06. The minimum absolute atomic E-state index is 0.430. The van der Waals surface area contributed by atoms with Crippen molar-refractivity contribution < 1.29 is 4.79 Å². The normalized spacial score (nSPS) is 16.4. The van der Waals surface area contributed by atoms with Crippen LogP contribution in [0.25, 0.3) is 0 Å². The molecule has 0 bridgehead atoms. The molecule has 0 fully saturated rings. The molecular formula is C13H25O. The van der Waals surface area contributed by atoms with Crippen LogP contribution in [0.3, 0.4) is 0 Å². The third-order valence-corrected chi connectivity index (χ3v) is 2.54. The Morgan fingerprint density at radius 3 is 2.00 bits per heavy atom. The molecule has 2 unspecified atom stereocenters. The van der Waals surface area contributed by atoms with Gasteiger partial charge in [0.25, 0.3) is 0 Å². The molecule has 2 atom stereocenters. The van der Waals surface area contributed by atoms with Crippen molar-refractivity contribution in [3.05, 3.63) is 0 Å². The van der Waals surface area contributed by atoms with Crippen molar-refractivity contribution in [2.24, 2.45) is 17.3 Å². The van der Waals surface area contributed by atoms with E-state index in [2.05, 4.69) is 34.6 Å². The van der Waals surface area contributed by atoms with Crippen LogP contribution in [-0.2, 0) is 4.79 Å². The van der Waals surface area contributed by atoms with Gasteiger partial charge in [-0.05, 0) is 23.7 Å². The van der Waals surface area contributed by atoms with Crippen LogP contribution in [0.1, 0.15) is 60.3 Å². The molecule has 1 radical (unpaired) electrons. The quantitative estimate of drug-likeness (QED) is 0.629. The summed E-state index contributed by atoms with van der Waals surface area (Å²) in [5, 5.41) is 0. The minimum Gasteiger partial charge on any atom is -0.291 e. The Balaban J connectivity index is 3.63. The molecule has 0 saturated heterocycles. The zero-order valence-electron chi connectivity index (χ0n) is 10.4. The van der Waals surface area contributed by atoms with Gasteiger partial charge >= 0.3 is 0 Å². The van der Waals surface area contributed by atoms with E-state index in [1.165, 1.54) is 12.8 Å². The van der Waals surface area contributed by atoms with Crippen molar-refractivity contribution in [1.29, 1.82) is 0 Å². The van der Waals surface area contributed by atoms with Crippen LogP contribution in [-0.4, -0.2) is 6.29 Å². The van der Waals surface area contributed by atoms with E-state index >= 15 is 0 Å². The molecule has 1 nitrogen and oxygen atoms in total. The van der Waals surface area contributed by atoms with E-state index in [0.29, 0.717) is 17.8 Å². The van der Waals surface area contributed by atoms with Crippen molar-refractivity contribution in [1.82, 2.24) is 0 Å². The van der Waals surface area contributed by atoms with Gasteiger partial charge in [0.1, 0.15) is 0 Å². The average molecular weight is 197 g/mol. The lowest BCUT2D eigenvalue weighted by Crippen LogP contribution is -2.11. The summed E-state index contributed by atoms with van der Waals surface area (Å²) in [6.45, 7) is 11.3. The molecule has 1 heteroatoms. The predicted octanol–water partition coefficient (Wildman–Crippen LogP) is 3.97. The highest BCUT2D eigenvalue weighted by Crippen LogP contribution is 2.27. The van der Waals surface area contributed by atoms with Gasteiger partial charge in [0.15, 0.2) is 6.29 Å². The van der Waals surface area contributed by atoms with Gasteiger partial charge in [-0.3, -0.25) is 4.79 Å². The zero-order chi connectivity index (χ0) is 11.2. The standard InChI is InChI=1S/C13H25O/c1-11(8-9-14)6-7-12(2)10-13(3,4)5/h11-12H,6-8,10H2,1-5H3. The third-order valence-electron chi connectivity index (χ3n) is 2.54. The zero-order valence-corrected chi connectivity index (χ0v) is 10.4. The SMILES string of the molecule is CC(C[C]=O)CCC(C)CC(C)(C)C. The van der Waals surface area contributed by atoms with Crippen molar-refractivity contribution >= 4 is 6.29 Å². The van der Waals surface area contributed by atoms with Crippen LogP contribution in [0.2, 0.25) is 0 Å².